The molecule has 2 amide bonds. The Bertz CT molecular complexity index is 1020. The van der Waals surface area contributed by atoms with Gasteiger partial charge in [0.1, 0.15) is 11.5 Å². The van der Waals surface area contributed by atoms with Gasteiger partial charge in [-0.25, -0.2) is 13.1 Å². The molecule has 1 unspecified atom stereocenters. The van der Waals surface area contributed by atoms with Crippen LogP contribution in [0.5, 0.6) is 11.5 Å². The van der Waals surface area contributed by atoms with E-state index in [4.69, 9.17) is 9.47 Å². The Labute approximate surface area is 162 Å². The van der Waals surface area contributed by atoms with Crippen molar-refractivity contribution in [1.29, 1.82) is 0 Å². The van der Waals surface area contributed by atoms with Crippen LogP contribution in [0.2, 0.25) is 0 Å². The van der Waals surface area contributed by atoms with Crippen molar-refractivity contribution in [2.45, 2.75) is 30.8 Å². The molecule has 1 heterocycles. The number of benzene rings is 2. The van der Waals surface area contributed by atoms with Crippen LogP contribution >= 0.6 is 0 Å². The molecule has 0 fully saturated rings. The predicted octanol–water partition coefficient (Wildman–Crippen LogP) is 1.85. The van der Waals surface area contributed by atoms with Crippen LogP contribution in [-0.2, 0) is 26.0 Å². The summed E-state index contributed by atoms with van der Waals surface area (Å²) >= 11 is 0. The highest BCUT2D eigenvalue weighted by Crippen LogP contribution is 2.32. The fraction of sp³-hybridized carbons (Fsp3) is 0.263. The molecule has 9 heteroatoms. The number of rotatable bonds is 6. The van der Waals surface area contributed by atoms with E-state index in [2.05, 4.69) is 5.32 Å². The molecule has 0 aliphatic carbocycles. The van der Waals surface area contributed by atoms with Crippen molar-refractivity contribution in [2.75, 3.05) is 12.4 Å². The largest absolute Gasteiger partial charge is 0.497 e. The van der Waals surface area contributed by atoms with E-state index in [0.717, 1.165) is 0 Å². The second-order valence-corrected chi connectivity index (χ2v) is 7.90. The number of fused-ring (bicyclic) bond motifs is 1. The first kappa shape index (κ1) is 19.7. The number of hydrogen-bond donors (Lipinski definition) is 2. The van der Waals surface area contributed by atoms with Gasteiger partial charge in [0.2, 0.25) is 5.91 Å². The SMILES string of the molecule is CCC1Oc2ccc(S(=O)(=O)NC(=O)Cc3cccc(OC)c3)cc2NC1=O. The summed E-state index contributed by atoms with van der Waals surface area (Å²) in [5, 5.41) is 2.62. The normalized spacial score (nSPS) is 15.8. The lowest BCUT2D eigenvalue weighted by atomic mass is 10.1. The summed E-state index contributed by atoms with van der Waals surface area (Å²) in [6.45, 7) is 1.81. The molecule has 0 bridgehead atoms. The highest BCUT2D eigenvalue weighted by Gasteiger charge is 2.28. The molecule has 0 saturated heterocycles. The number of sulfonamides is 1. The van der Waals surface area contributed by atoms with E-state index >= 15 is 0 Å². The lowest BCUT2D eigenvalue weighted by Gasteiger charge is -2.25. The number of ether oxygens (including phenoxy) is 2. The number of carbonyl (C=O) groups excluding carboxylic acids is 2. The average molecular weight is 404 g/mol. The first-order chi connectivity index (χ1) is 13.3. The van der Waals surface area contributed by atoms with Crippen LogP contribution in [0.15, 0.2) is 47.4 Å². The molecular formula is C19H20N2O6S. The highest BCUT2D eigenvalue weighted by atomic mass is 32.2. The fourth-order valence-corrected chi connectivity index (χ4v) is 3.79. The maximum absolute atomic E-state index is 12.5. The van der Waals surface area contributed by atoms with E-state index in [0.29, 0.717) is 23.5 Å². The Morgan fingerprint density at radius 1 is 1.25 bits per heavy atom. The Hall–Kier alpha value is -3.07. The standard InChI is InChI=1S/C19H20N2O6S/c1-3-16-19(23)20-15-11-14(7-8-17(15)27-16)28(24,25)21-18(22)10-12-5-4-6-13(9-12)26-2/h4-9,11,16H,3,10H2,1-2H3,(H,20,23)(H,21,22). The molecule has 28 heavy (non-hydrogen) atoms. The smallest absolute Gasteiger partial charge is 0.265 e. The van der Waals surface area contributed by atoms with Gasteiger partial charge in [0.25, 0.3) is 15.9 Å². The van der Waals surface area contributed by atoms with Crippen LogP contribution < -0.4 is 19.5 Å². The minimum atomic E-state index is -4.10. The monoisotopic (exact) mass is 404 g/mol. The van der Waals surface area contributed by atoms with Gasteiger partial charge >= 0.3 is 0 Å². The van der Waals surface area contributed by atoms with Crippen LogP contribution in [0, 0.1) is 0 Å². The topological polar surface area (TPSA) is 111 Å². The average Bonchev–Trinajstić information content (AvgIpc) is 2.66. The van der Waals surface area contributed by atoms with E-state index < -0.39 is 22.0 Å². The van der Waals surface area contributed by atoms with E-state index in [1.807, 2.05) is 11.6 Å². The van der Waals surface area contributed by atoms with Gasteiger partial charge in [0, 0.05) is 0 Å². The quantitative estimate of drug-likeness (QED) is 0.760. The van der Waals surface area contributed by atoms with Crippen molar-refractivity contribution >= 4 is 27.5 Å². The molecule has 0 saturated carbocycles. The van der Waals surface area contributed by atoms with Gasteiger partial charge in [-0.1, -0.05) is 19.1 Å². The van der Waals surface area contributed by atoms with Crippen LogP contribution in [0.3, 0.4) is 0 Å². The number of nitrogens with one attached hydrogen (secondary N) is 2. The summed E-state index contributed by atoms with van der Waals surface area (Å²) in [7, 11) is -2.60. The number of hydrogen-bond acceptors (Lipinski definition) is 6. The summed E-state index contributed by atoms with van der Waals surface area (Å²) in [5.74, 6) is -0.0685. The summed E-state index contributed by atoms with van der Waals surface area (Å²) < 4.78 is 37.7. The maximum atomic E-state index is 12.5. The van der Waals surface area contributed by atoms with Crippen LogP contribution in [-0.4, -0.2) is 33.4 Å². The summed E-state index contributed by atoms with van der Waals surface area (Å²) in [6, 6.07) is 10.8. The number of methoxy groups -OCH3 is 1. The maximum Gasteiger partial charge on any atom is 0.265 e. The Morgan fingerprint density at radius 3 is 2.75 bits per heavy atom. The molecule has 1 aliphatic rings. The third-order valence-electron chi connectivity index (χ3n) is 4.20. The minimum Gasteiger partial charge on any atom is -0.497 e. The zero-order valence-electron chi connectivity index (χ0n) is 15.4. The molecule has 0 radical (unpaired) electrons. The molecule has 2 aromatic rings. The molecule has 1 aliphatic heterocycles. The Balaban J connectivity index is 1.75. The molecule has 2 N–H and O–H groups in total. The lowest BCUT2D eigenvalue weighted by molar-refractivity contribution is -0.123. The van der Waals surface area contributed by atoms with Gasteiger partial charge in [-0.15, -0.1) is 0 Å². The van der Waals surface area contributed by atoms with Crippen molar-refractivity contribution in [2.24, 2.45) is 0 Å². The Morgan fingerprint density at radius 2 is 2.04 bits per heavy atom. The third kappa shape index (κ3) is 4.25. The third-order valence-corrected chi connectivity index (χ3v) is 5.57. The zero-order chi connectivity index (χ0) is 20.3. The van der Waals surface area contributed by atoms with Gasteiger partial charge in [-0.2, -0.15) is 0 Å². The van der Waals surface area contributed by atoms with Crippen LogP contribution in [0.4, 0.5) is 5.69 Å². The van der Waals surface area contributed by atoms with Crippen molar-refractivity contribution in [1.82, 2.24) is 4.72 Å². The summed E-state index contributed by atoms with van der Waals surface area (Å²) in [4.78, 5) is 24.0. The van der Waals surface area contributed by atoms with Crippen molar-refractivity contribution < 1.29 is 27.5 Å². The molecular weight excluding hydrogens is 384 g/mol. The lowest BCUT2D eigenvalue weighted by Crippen LogP contribution is -2.36. The second-order valence-electron chi connectivity index (χ2n) is 6.22. The Kier molecular flexibility index (Phi) is 5.55. The van der Waals surface area contributed by atoms with Gasteiger partial charge in [0.15, 0.2) is 6.10 Å². The zero-order valence-corrected chi connectivity index (χ0v) is 16.2. The van der Waals surface area contributed by atoms with Crippen molar-refractivity contribution in [3.8, 4) is 11.5 Å². The van der Waals surface area contributed by atoms with Crippen LogP contribution in [0.1, 0.15) is 18.9 Å². The molecule has 3 rings (SSSR count). The summed E-state index contributed by atoms with van der Waals surface area (Å²) in [6.07, 6.45) is -0.247. The van der Waals surface area contributed by atoms with Crippen molar-refractivity contribution in [3.05, 3.63) is 48.0 Å². The van der Waals surface area contributed by atoms with Crippen molar-refractivity contribution in [3.63, 3.8) is 0 Å². The van der Waals surface area contributed by atoms with E-state index in [9.17, 15) is 18.0 Å². The first-order valence-electron chi connectivity index (χ1n) is 8.62. The molecule has 8 nitrogen and oxygen atoms in total. The fourth-order valence-electron chi connectivity index (χ4n) is 2.78. The van der Waals surface area contributed by atoms with E-state index in [-0.39, 0.29) is 22.9 Å². The molecule has 1 atom stereocenters. The molecule has 148 valence electrons. The van der Waals surface area contributed by atoms with E-state index in [1.165, 1.54) is 25.3 Å². The predicted molar refractivity (Wildman–Crippen MR) is 102 cm³/mol. The van der Waals surface area contributed by atoms with Gasteiger partial charge in [-0.05, 0) is 42.3 Å². The van der Waals surface area contributed by atoms with Gasteiger partial charge < -0.3 is 14.8 Å². The number of anilines is 1. The van der Waals surface area contributed by atoms with Crippen LogP contribution in [0.25, 0.3) is 0 Å². The minimum absolute atomic E-state index is 0.126. The molecule has 0 spiro atoms. The molecule has 2 aromatic carbocycles. The second kappa shape index (κ2) is 7.89. The highest BCUT2D eigenvalue weighted by molar-refractivity contribution is 7.90. The molecule has 0 aromatic heterocycles. The number of amides is 2. The van der Waals surface area contributed by atoms with E-state index in [1.54, 1.807) is 24.3 Å². The summed E-state index contributed by atoms with van der Waals surface area (Å²) in [5.41, 5.74) is 0.863. The first-order valence-corrected chi connectivity index (χ1v) is 10.1. The van der Waals surface area contributed by atoms with Gasteiger partial charge in [-0.3, -0.25) is 9.59 Å². The van der Waals surface area contributed by atoms with Gasteiger partial charge in [0.05, 0.1) is 24.1 Å². The number of carbonyl (C=O) groups is 2.